The summed E-state index contributed by atoms with van der Waals surface area (Å²) in [5, 5.41) is 3.40. The van der Waals surface area contributed by atoms with Crippen molar-refractivity contribution in [3.05, 3.63) is 24.0 Å². The summed E-state index contributed by atoms with van der Waals surface area (Å²) >= 11 is 0. The molecule has 0 aliphatic rings. The van der Waals surface area contributed by atoms with Crippen LogP contribution < -0.4 is 10.1 Å². The number of pyridine rings is 1. The molecule has 90 valence electrons. The fourth-order valence-electron chi connectivity index (χ4n) is 1.40. The highest BCUT2D eigenvalue weighted by Gasteiger charge is 2.03. The monoisotopic (exact) mass is 222 g/mol. The van der Waals surface area contributed by atoms with E-state index in [2.05, 4.69) is 31.1 Å². The molecule has 0 amide bonds. The van der Waals surface area contributed by atoms with E-state index in [1.54, 1.807) is 6.20 Å². The Hall–Kier alpha value is -1.09. The summed E-state index contributed by atoms with van der Waals surface area (Å²) in [6, 6.07) is 1.93. The maximum atomic E-state index is 5.66. The smallest absolute Gasteiger partial charge is 0.126 e. The molecule has 0 spiro atoms. The molecule has 0 aromatic carbocycles. The van der Waals surface area contributed by atoms with Crippen molar-refractivity contribution in [2.45, 2.75) is 33.7 Å². The van der Waals surface area contributed by atoms with Gasteiger partial charge in [-0.2, -0.15) is 0 Å². The Balaban J connectivity index is 2.49. The molecule has 1 aromatic rings. The molecule has 0 unspecified atom stereocenters. The number of nitrogens with zero attached hydrogens (tertiary/aromatic N) is 1. The van der Waals surface area contributed by atoms with Crippen molar-refractivity contribution in [1.82, 2.24) is 10.3 Å². The van der Waals surface area contributed by atoms with E-state index in [-0.39, 0.29) is 0 Å². The number of hydrogen-bond donors (Lipinski definition) is 1. The van der Waals surface area contributed by atoms with Crippen molar-refractivity contribution in [3.8, 4) is 5.75 Å². The van der Waals surface area contributed by atoms with Gasteiger partial charge in [0.05, 0.1) is 6.61 Å². The van der Waals surface area contributed by atoms with Gasteiger partial charge in [-0.05, 0) is 24.9 Å². The van der Waals surface area contributed by atoms with E-state index in [4.69, 9.17) is 4.74 Å². The Morgan fingerprint density at radius 2 is 2.25 bits per heavy atom. The molecule has 0 aliphatic heterocycles. The van der Waals surface area contributed by atoms with Crippen LogP contribution in [0.25, 0.3) is 0 Å². The van der Waals surface area contributed by atoms with E-state index in [1.165, 1.54) is 0 Å². The zero-order valence-electron chi connectivity index (χ0n) is 10.5. The van der Waals surface area contributed by atoms with Gasteiger partial charge in [-0.1, -0.05) is 20.8 Å². The zero-order chi connectivity index (χ0) is 11.8. The fraction of sp³-hybridized carbons (Fsp3) is 0.615. The van der Waals surface area contributed by atoms with Crippen LogP contribution in [0.2, 0.25) is 0 Å². The van der Waals surface area contributed by atoms with E-state index in [0.29, 0.717) is 5.92 Å². The van der Waals surface area contributed by atoms with Crippen LogP contribution in [0.3, 0.4) is 0 Å². The van der Waals surface area contributed by atoms with Crippen molar-refractivity contribution in [3.63, 3.8) is 0 Å². The van der Waals surface area contributed by atoms with Crippen LogP contribution in [-0.2, 0) is 6.54 Å². The van der Waals surface area contributed by atoms with Gasteiger partial charge < -0.3 is 10.1 Å². The molecular formula is C13H22N2O. The minimum atomic E-state index is 0.664. The molecule has 1 rings (SSSR count). The second kappa shape index (κ2) is 7.23. The average Bonchev–Trinajstić information content (AvgIpc) is 2.27. The fourth-order valence-corrected chi connectivity index (χ4v) is 1.40. The van der Waals surface area contributed by atoms with Crippen LogP contribution in [0.4, 0.5) is 0 Å². The molecule has 3 heteroatoms. The van der Waals surface area contributed by atoms with Gasteiger partial charge in [0, 0.05) is 24.5 Å². The third-order valence-electron chi connectivity index (χ3n) is 2.19. The van der Waals surface area contributed by atoms with Crippen molar-refractivity contribution >= 4 is 0 Å². The maximum absolute atomic E-state index is 5.66. The van der Waals surface area contributed by atoms with Crippen molar-refractivity contribution < 1.29 is 4.74 Å². The van der Waals surface area contributed by atoms with E-state index in [1.807, 2.05) is 12.3 Å². The van der Waals surface area contributed by atoms with Crippen LogP contribution in [0.1, 0.15) is 32.8 Å². The molecule has 1 heterocycles. The van der Waals surface area contributed by atoms with Crippen LogP contribution in [0.15, 0.2) is 18.5 Å². The Morgan fingerprint density at radius 1 is 1.44 bits per heavy atom. The molecule has 0 saturated heterocycles. The standard InChI is InChI=1S/C13H22N2O/c1-4-7-16-13-5-6-14-9-12(13)10-15-8-11(2)3/h5-6,9,11,15H,4,7-8,10H2,1-3H3. The van der Waals surface area contributed by atoms with Gasteiger partial charge in [-0.25, -0.2) is 0 Å². The Labute approximate surface area is 98.2 Å². The van der Waals surface area contributed by atoms with Crippen molar-refractivity contribution in [2.24, 2.45) is 5.92 Å². The predicted molar refractivity (Wildman–Crippen MR) is 66.6 cm³/mol. The summed E-state index contributed by atoms with van der Waals surface area (Å²) in [5.74, 6) is 1.62. The summed E-state index contributed by atoms with van der Waals surface area (Å²) in [6.45, 7) is 9.11. The molecule has 1 N–H and O–H groups in total. The Kier molecular flexibility index (Phi) is 5.86. The molecule has 1 aromatic heterocycles. The quantitative estimate of drug-likeness (QED) is 0.770. The van der Waals surface area contributed by atoms with Gasteiger partial charge in [0.25, 0.3) is 0 Å². The number of rotatable bonds is 7. The van der Waals surface area contributed by atoms with Gasteiger partial charge in [0.2, 0.25) is 0 Å². The van der Waals surface area contributed by atoms with Crippen LogP contribution in [-0.4, -0.2) is 18.1 Å². The molecule has 0 atom stereocenters. The highest BCUT2D eigenvalue weighted by Crippen LogP contribution is 2.16. The van der Waals surface area contributed by atoms with Crippen LogP contribution >= 0.6 is 0 Å². The lowest BCUT2D eigenvalue weighted by Crippen LogP contribution is -2.19. The van der Waals surface area contributed by atoms with E-state index >= 15 is 0 Å². The van der Waals surface area contributed by atoms with Gasteiger partial charge in [0.1, 0.15) is 5.75 Å². The van der Waals surface area contributed by atoms with Gasteiger partial charge in [0.15, 0.2) is 0 Å². The second-order valence-corrected chi connectivity index (χ2v) is 4.36. The van der Waals surface area contributed by atoms with E-state index in [9.17, 15) is 0 Å². The summed E-state index contributed by atoms with van der Waals surface area (Å²) < 4.78 is 5.66. The molecule has 0 bridgehead atoms. The first-order chi connectivity index (χ1) is 7.74. The number of aromatic nitrogens is 1. The molecular weight excluding hydrogens is 200 g/mol. The Morgan fingerprint density at radius 3 is 2.94 bits per heavy atom. The Bertz CT molecular complexity index is 300. The molecule has 16 heavy (non-hydrogen) atoms. The zero-order valence-corrected chi connectivity index (χ0v) is 10.5. The maximum Gasteiger partial charge on any atom is 0.126 e. The lowest BCUT2D eigenvalue weighted by molar-refractivity contribution is 0.312. The molecule has 0 fully saturated rings. The van der Waals surface area contributed by atoms with Crippen molar-refractivity contribution in [2.75, 3.05) is 13.2 Å². The third-order valence-corrected chi connectivity index (χ3v) is 2.19. The predicted octanol–water partition coefficient (Wildman–Crippen LogP) is 2.62. The average molecular weight is 222 g/mol. The summed E-state index contributed by atoms with van der Waals surface area (Å²) in [6.07, 6.45) is 4.68. The highest BCUT2D eigenvalue weighted by molar-refractivity contribution is 5.29. The lowest BCUT2D eigenvalue weighted by atomic mass is 10.2. The molecule has 0 aliphatic carbocycles. The number of ether oxygens (including phenoxy) is 1. The first-order valence-corrected chi connectivity index (χ1v) is 6.00. The van der Waals surface area contributed by atoms with Crippen LogP contribution in [0.5, 0.6) is 5.75 Å². The van der Waals surface area contributed by atoms with Crippen molar-refractivity contribution in [1.29, 1.82) is 0 Å². The summed E-state index contributed by atoms with van der Waals surface area (Å²) in [5.41, 5.74) is 1.14. The second-order valence-electron chi connectivity index (χ2n) is 4.36. The topological polar surface area (TPSA) is 34.1 Å². The number of nitrogens with one attached hydrogen (secondary N) is 1. The summed E-state index contributed by atoms with van der Waals surface area (Å²) in [7, 11) is 0. The third kappa shape index (κ3) is 4.62. The first-order valence-electron chi connectivity index (χ1n) is 6.00. The SMILES string of the molecule is CCCOc1ccncc1CNCC(C)C. The summed E-state index contributed by atoms with van der Waals surface area (Å²) in [4.78, 5) is 4.13. The minimum absolute atomic E-state index is 0.664. The minimum Gasteiger partial charge on any atom is -0.493 e. The normalized spacial score (nSPS) is 10.8. The largest absolute Gasteiger partial charge is 0.493 e. The van der Waals surface area contributed by atoms with Gasteiger partial charge >= 0.3 is 0 Å². The first kappa shape index (κ1) is 13.0. The van der Waals surface area contributed by atoms with Gasteiger partial charge in [-0.15, -0.1) is 0 Å². The molecule has 3 nitrogen and oxygen atoms in total. The van der Waals surface area contributed by atoms with E-state index < -0.39 is 0 Å². The van der Waals surface area contributed by atoms with Crippen LogP contribution in [0, 0.1) is 5.92 Å². The molecule has 0 radical (unpaired) electrons. The van der Waals surface area contributed by atoms with E-state index in [0.717, 1.165) is 37.4 Å². The molecule has 0 saturated carbocycles. The highest BCUT2D eigenvalue weighted by atomic mass is 16.5. The van der Waals surface area contributed by atoms with Gasteiger partial charge in [-0.3, -0.25) is 4.98 Å². The lowest BCUT2D eigenvalue weighted by Gasteiger charge is -2.12. The number of hydrogen-bond acceptors (Lipinski definition) is 3.